The van der Waals surface area contributed by atoms with Crippen molar-refractivity contribution in [1.29, 1.82) is 0 Å². The number of carbonyl (C=O) groups excluding carboxylic acids is 6. The van der Waals surface area contributed by atoms with E-state index in [1.54, 1.807) is 6.07 Å². The number of carboxylic acid groups (broad SMARTS) is 1. The van der Waals surface area contributed by atoms with Gasteiger partial charge in [0.25, 0.3) is 11.8 Å². The first-order valence-electron chi connectivity index (χ1n) is 13.1. The number of amides is 2. The lowest BCUT2D eigenvalue weighted by molar-refractivity contribution is -0.133. The largest absolute Gasteiger partial charge is 0.478 e. The predicted octanol–water partition coefficient (Wildman–Crippen LogP) is 2.95. The molecule has 0 atom stereocenters. The Labute approximate surface area is 256 Å². The highest BCUT2D eigenvalue weighted by molar-refractivity contribution is 5.96. The zero-order valence-corrected chi connectivity index (χ0v) is 24.5. The minimum absolute atomic E-state index is 0.00372. The zero-order chi connectivity index (χ0) is 33.3. The number of benzene rings is 3. The summed E-state index contributed by atoms with van der Waals surface area (Å²) in [7, 11) is 0. The molecule has 0 radical (unpaired) electrons. The monoisotopic (exact) mass is 620 g/mol. The lowest BCUT2D eigenvalue weighted by Crippen LogP contribution is -2.25. The van der Waals surface area contributed by atoms with Gasteiger partial charge in [0.15, 0.2) is 0 Å². The van der Waals surface area contributed by atoms with E-state index >= 15 is 0 Å². The number of carbonyl (C=O) groups is 7. The molecule has 14 nitrogen and oxygen atoms in total. The van der Waals surface area contributed by atoms with Gasteiger partial charge in [-0.3, -0.25) is 28.8 Å². The topological polar surface area (TPSA) is 201 Å². The van der Waals surface area contributed by atoms with Crippen LogP contribution >= 0.6 is 0 Å². The Kier molecular flexibility index (Phi) is 11.1. The third kappa shape index (κ3) is 10.6. The van der Waals surface area contributed by atoms with Crippen LogP contribution < -0.4 is 29.6 Å². The van der Waals surface area contributed by atoms with Gasteiger partial charge in [-0.25, -0.2) is 4.79 Å². The maximum Gasteiger partial charge on any atom is 0.335 e. The highest BCUT2D eigenvalue weighted by atomic mass is 16.6. The summed E-state index contributed by atoms with van der Waals surface area (Å²) < 4.78 is 20.1. The molecule has 3 aromatic carbocycles. The van der Waals surface area contributed by atoms with Crippen LogP contribution in [0.25, 0.3) is 0 Å². The molecule has 0 unspecified atom stereocenters. The van der Waals surface area contributed by atoms with Crippen LogP contribution in [0.3, 0.4) is 0 Å². The second kappa shape index (κ2) is 14.9. The number of hydrogen-bond acceptors (Lipinski definition) is 11. The van der Waals surface area contributed by atoms with Crippen molar-refractivity contribution in [2.24, 2.45) is 0 Å². The molecule has 45 heavy (non-hydrogen) atoms. The van der Waals surface area contributed by atoms with Gasteiger partial charge in [-0.2, -0.15) is 0 Å². The van der Waals surface area contributed by atoms with E-state index in [1.165, 1.54) is 48.5 Å². The molecule has 0 aliphatic carbocycles. The van der Waals surface area contributed by atoms with Crippen molar-refractivity contribution in [3.63, 3.8) is 0 Å². The van der Waals surface area contributed by atoms with Gasteiger partial charge in [0, 0.05) is 64.0 Å². The second-order valence-electron chi connectivity index (χ2n) is 9.47. The van der Waals surface area contributed by atoms with E-state index in [1.807, 2.05) is 0 Å². The number of aromatic carboxylic acids is 1. The predicted molar refractivity (Wildman–Crippen MR) is 154 cm³/mol. The molecule has 0 bridgehead atoms. The molecule has 3 N–H and O–H groups in total. The Morgan fingerprint density at radius 2 is 0.800 bits per heavy atom. The molecule has 0 aliphatic heterocycles. The Bertz CT molecular complexity index is 1510. The summed E-state index contributed by atoms with van der Waals surface area (Å²) in [6, 6.07) is 11.8. The molecule has 0 fully saturated rings. The molecular weight excluding hydrogens is 592 g/mol. The number of nitrogens with one attached hydrogen (secondary N) is 2. The third-order valence-electron chi connectivity index (χ3n) is 5.54. The van der Waals surface area contributed by atoms with Crippen LogP contribution in [-0.2, 0) is 32.3 Å². The van der Waals surface area contributed by atoms with E-state index in [0.717, 1.165) is 27.7 Å². The van der Waals surface area contributed by atoms with Crippen molar-refractivity contribution in [2.45, 2.75) is 40.8 Å². The lowest BCUT2D eigenvalue weighted by atomic mass is 10.0. The Morgan fingerprint density at radius 1 is 0.489 bits per heavy atom. The summed E-state index contributed by atoms with van der Waals surface area (Å²) in [5.41, 5.74) is 0.622. The van der Waals surface area contributed by atoms with E-state index in [2.05, 4.69) is 10.6 Å². The number of esters is 4. The van der Waals surface area contributed by atoms with Gasteiger partial charge in [-0.1, -0.05) is 6.07 Å². The van der Waals surface area contributed by atoms with Crippen LogP contribution in [0.5, 0.6) is 23.0 Å². The van der Waals surface area contributed by atoms with E-state index < -0.39 is 41.7 Å². The standard InChI is InChI=1S/C31H28N2O12/c1-16(34)42-25-8-22(9-26(12-25)43-17(2)35)29(38)32-14-20-5-21(7-24(6-20)31(40)41)15-33-30(39)23-10-27(44-18(3)36)13-28(11-23)45-19(4)37/h5-13H,14-15H2,1-4H3,(H,32,38)(H,33,39)(H,40,41). The summed E-state index contributed by atoms with van der Waals surface area (Å²) in [4.78, 5) is 83.2. The number of carboxylic acids is 1. The van der Waals surface area contributed by atoms with E-state index in [9.17, 15) is 38.7 Å². The summed E-state index contributed by atoms with van der Waals surface area (Å²) >= 11 is 0. The van der Waals surface area contributed by atoms with Crippen LogP contribution in [0.1, 0.15) is 69.9 Å². The van der Waals surface area contributed by atoms with Gasteiger partial charge in [-0.05, 0) is 47.5 Å². The molecule has 0 aromatic heterocycles. The van der Waals surface area contributed by atoms with Crippen molar-refractivity contribution in [3.8, 4) is 23.0 Å². The van der Waals surface area contributed by atoms with Crippen molar-refractivity contribution in [3.05, 3.63) is 82.4 Å². The van der Waals surface area contributed by atoms with Gasteiger partial charge < -0.3 is 34.7 Å². The van der Waals surface area contributed by atoms with Crippen molar-refractivity contribution in [2.75, 3.05) is 0 Å². The van der Waals surface area contributed by atoms with E-state index in [-0.39, 0.29) is 52.8 Å². The van der Waals surface area contributed by atoms with Crippen molar-refractivity contribution < 1.29 is 57.6 Å². The molecule has 0 saturated carbocycles. The molecule has 0 saturated heterocycles. The maximum absolute atomic E-state index is 12.9. The first kappa shape index (κ1) is 33.5. The van der Waals surface area contributed by atoms with E-state index in [4.69, 9.17) is 18.9 Å². The Morgan fingerprint density at radius 3 is 1.07 bits per heavy atom. The molecule has 0 spiro atoms. The summed E-state index contributed by atoms with van der Waals surface area (Å²) in [6.45, 7) is 4.36. The van der Waals surface area contributed by atoms with Crippen molar-refractivity contribution >= 4 is 41.7 Å². The summed E-state index contributed by atoms with van der Waals surface area (Å²) in [5.74, 6) is -5.31. The summed E-state index contributed by atoms with van der Waals surface area (Å²) in [6.07, 6.45) is 0. The SMILES string of the molecule is CC(=O)Oc1cc(OC(C)=O)cc(C(=O)NCc2cc(CNC(=O)c3cc(OC(C)=O)cc(OC(C)=O)c3)cc(C(=O)O)c2)c1. The number of hydrogen-bond donors (Lipinski definition) is 3. The van der Waals surface area contributed by atoms with Gasteiger partial charge in [-0.15, -0.1) is 0 Å². The lowest BCUT2D eigenvalue weighted by Gasteiger charge is -2.12. The van der Waals surface area contributed by atoms with Crippen LogP contribution in [0.2, 0.25) is 0 Å². The highest BCUT2D eigenvalue weighted by Crippen LogP contribution is 2.25. The fourth-order valence-corrected chi connectivity index (χ4v) is 3.96. The van der Waals surface area contributed by atoms with Crippen LogP contribution in [-0.4, -0.2) is 46.8 Å². The van der Waals surface area contributed by atoms with Crippen LogP contribution in [0.4, 0.5) is 0 Å². The average Bonchev–Trinajstić information content (AvgIpc) is 2.92. The molecule has 234 valence electrons. The first-order chi connectivity index (χ1) is 21.2. The van der Waals surface area contributed by atoms with Gasteiger partial charge >= 0.3 is 29.8 Å². The molecule has 2 amide bonds. The fraction of sp³-hybridized carbons (Fsp3) is 0.194. The Hall–Kier alpha value is -6.05. The van der Waals surface area contributed by atoms with Crippen LogP contribution in [0, 0.1) is 0 Å². The number of rotatable bonds is 11. The first-order valence-corrected chi connectivity index (χ1v) is 13.1. The minimum atomic E-state index is -1.25. The quantitative estimate of drug-likeness (QED) is 0.209. The Balaban J connectivity index is 1.79. The zero-order valence-electron chi connectivity index (χ0n) is 24.5. The van der Waals surface area contributed by atoms with Crippen molar-refractivity contribution in [1.82, 2.24) is 10.6 Å². The maximum atomic E-state index is 12.9. The molecule has 0 aliphatic rings. The molecular formula is C31H28N2O12. The van der Waals surface area contributed by atoms with Gasteiger partial charge in [0.05, 0.1) is 5.56 Å². The molecule has 14 heteroatoms. The van der Waals surface area contributed by atoms with Crippen LogP contribution in [0.15, 0.2) is 54.6 Å². The molecule has 0 heterocycles. The smallest absolute Gasteiger partial charge is 0.335 e. The van der Waals surface area contributed by atoms with Gasteiger partial charge in [0.1, 0.15) is 23.0 Å². The highest BCUT2D eigenvalue weighted by Gasteiger charge is 2.16. The molecule has 3 aromatic rings. The minimum Gasteiger partial charge on any atom is -0.478 e. The summed E-state index contributed by atoms with van der Waals surface area (Å²) in [5, 5.41) is 14.9. The van der Waals surface area contributed by atoms with E-state index in [0.29, 0.717) is 11.1 Å². The fourth-order valence-electron chi connectivity index (χ4n) is 3.96. The second-order valence-corrected chi connectivity index (χ2v) is 9.47. The average molecular weight is 621 g/mol. The number of ether oxygens (including phenoxy) is 4. The normalized spacial score (nSPS) is 10.2. The van der Waals surface area contributed by atoms with Gasteiger partial charge in [0.2, 0.25) is 0 Å². The molecule has 3 rings (SSSR count). The third-order valence-corrected chi connectivity index (χ3v) is 5.54.